The molecule has 0 spiro atoms. The number of nitrogens with one attached hydrogen (secondary N) is 1. The zero-order valence-electron chi connectivity index (χ0n) is 10.6. The summed E-state index contributed by atoms with van der Waals surface area (Å²) in [7, 11) is 0. The highest BCUT2D eigenvalue weighted by atomic mass is 32.2. The van der Waals surface area contributed by atoms with Crippen molar-refractivity contribution in [2.24, 2.45) is 17.6 Å². The highest BCUT2D eigenvalue weighted by molar-refractivity contribution is 7.99. The lowest BCUT2D eigenvalue weighted by Gasteiger charge is -2.34. The number of aromatic nitrogens is 3. The van der Waals surface area contributed by atoms with Gasteiger partial charge in [-0.15, -0.1) is 5.10 Å². The smallest absolute Gasteiger partial charge is 0.208 e. The van der Waals surface area contributed by atoms with Crippen molar-refractivity contribution in [1.29, 1.82) is 0 Å². The van der Waals surface area contributed by atoms with E-state index in [0.717, 1.165) is 23.4 Å². The van der Waals surface area contributed by atoms with E-state index in [2.05, 4.69) is 22.1 Å². The summed E-state index contributed by atoms with van der Waals surface area (Å²) in [5, 5.41) is 8.59. The molecule has 3 N–H and O–H groups in total. The molecule has 3 unspecified atom stereocenters. The summed E-state index contributed by atoms with van der Waals surface area (Å²) >= 11 is 1.80. The van der Waals surface area contributed by atoms with Gasteiger partial charge in [0.15, 0.2) is 0 Å². The van der Waals surface area contributed by atoms with Gasteiger partial charge in [-0.1, -0.05) is 31.5 Å². The number of hydrogen-bond donors (Lipinski definition) is 2. The number of hydrogen-bond acceptors (Lipinski definition) is 4. The first kappa shape index (κ1) is 12.9. The Hall–Kier alpha value is -0.550. The molecule has 96 valence electrons. The Balaban J connectivity index is 2.00. The van der Waals surface area contributed by atoms with Crippen LogP contribution < -0.4 is 5.73 Å². The predicted octanol–water partition coefficient (Wildman–Crippen LogP) is 2.36. The predicted molar refractivity (Wildman–Crippen MR) is 70.9 cm³/mol. The molecular weight excluding hydrogens is 232 g/mol. The van der Waals surface area contributed by atoms with E-state index in [4.69, 9.17) is 5.73 Å². The van der Waals surface area contributed by atoms with Crippen molar-refractivity contribution in [2.75, 3.05) is 6.54 Å². The second-order valence-corrected chi connectivity index (χ2v) is 6.15. The molecule has 0 aromatic carbocycles. The van der Waals surface area contributed by atoms with Crippen LogP contribution in [0.5, 0.6) is 0 Å². The first-order chi connectivity index (χ1) is 8.22. The van der Waals surface area contributed by atoms with Crippen LogP contribution in [-0.4, -0.2) is 27.0 Å². The second kappa shape index (κ2) is 5.87. The minimum absolute atomic E-state index is 0.592. The number of rotatable bonds is 4. The van der Waals surface area contributed by atoms with Crippen molar-refractivity contribution < 1.29 is 0 Å². The molecule has 0 bridgehead atoms. The first-order valence-corrected chi connectivity index (χ1v) is 7.36. The van der Waals surface area contributed by atoms with Crippen molar-refractivity contribution in [3.63, 3.8) is 0 Å². The minimum Gasteiger partial charge on any atom is -0.330 e. The fourth-order valence-corrected chi connectivity index (χ4v) is 3.94. The summed E-state index contributed by atoms with van der Waals surface area (Å²) in [6.45, 7) is 5.01. The molecule has 1 aliphatic rings. The van der Waals surface area contributed by atoms with Crippen LogP contribution in [0.25, 0.3) is 0 Å². The molecule has 1 aliphatic carbocycles. The lowest BCUT2D eigenvalue weighted by molar-refractivity contribution is 0.283. The second-order valence-electron chi connectivity index (χ2n) is 4.94. The van der Waals surface area contributed by atoms with Crippen LogP contribution in [0, 0.1) is 18.8 Å². The molecule has 0 radical (unpaired) electrons. The van der Waals surface area contributed by atoms with Gasteiger partial charge < -0.3 is 5.73 Å². The van der Waals surface area contributed by atoms with Gasteiger partial charge in [-0.05, 0) is 38.1 Å². The number of aryl methyl sites for hydroxylation is 1. The lowest BCUT2D eigenvalue weighted by Crippen LogP contribution is -2.32. The molecule has 4 nitrogen and oxygen atoms in total. The normalized spacial score (nSPS) is 29.5. The Labute approximate surface area is 107 Å². The summed E-state index contributed by atoms with van der Waals surface area (Å²) in [5.74, 6) is 2.37. The van der Waals surface area contributed by atoms with Gasteiger partial charge in [-0.2, -0.15) is 0 Å². The fourth-order valence-electron chi connectivity index (χ4n) is 2.57. The monoisotopic (exact) mass is 254 g/mol. The summed E-state index contributed by atoms with van der Waals surface area (Å²) < 4.78 is 0. The van der Waals surface area contributed by atoms with Crippen LogP contribution in [0.1, 0.15) is 38.4 Å². The fraction of sp³-hybridized carbons (Fsp3) is 0.833. The van der Waals surface area contributed by atoms with Gasteiger partial charge in [0.25, 0.3) is 0 Å². The molecule has 17 heavy (non-hydrogen) atoms. The highest BCUT2D eigenvalue weighted by Gasteiger charge is 2.30. The van der Waals surface area contributed by atoms with E-state index in [0.29, 0.717) is 11.2 Å². The van der Waals surface area contributed by atoms with Gasteiger partial charge >= 0.3 is 0 Å². The molecule has 2 rings (SSSR count). The number of nitrogens with zero attached hydrogens (tertiary/aromatic N) is 2. The third-order valence-corrected chi connectivity index (χ3v) is 5.02. The number of H-pyrrole nitrogens is 1. The Morgan fingerprint density at radius 2 is 2.29 bits per heavy atom. The summed E-state index contributed by atoms with van der Waals surface area (Å²) in [4.78, 5) is 4.38. The van der Waals surface area contributed by atoms with Gasteiger partial charge in [0.1, 0.15) is 5.82 Å². The molecule has 0 saturated heterocycles. The van der Waals surface area contributed by atoms with E-state index in [1.165, 1.54) is 25.7 Å². The Bertz CT molecular complexity index is 352. The van der Waals surface area contributed by atoms with E-state index in [9.17, 15) is 0 Å². The van der Waals surface area contributed by atoms with Gasteiger partial charge in [0, 0.05) is 5.25 Å². The molecule has 1 fully saturated rings. The van der Waals surface area contributed by atoms with Gasteiger partial charge in [-0.25, -0.2) is 4.98 Å². The maximum atomic E-state index is 5.88. The molecule has 1 aromatic heterocycles. The molecular formula is C12H22N4S. The summed E-state index contributed by atoms with van der Waals surface area (Å²) in [6.07, 6.45) is 5.14. The maximum absolute atomic E-state index is 5.88. The van der Waals surface area contributed by atoms with Crippen LogP contribution in [0.3, 0.4) is 0 Å². The average Bonchev–Trinajstić information content (AvgIpc) is 2.74. The van der Waals surface area contributed by atoms with Crippen molar-refractivity contribution in [3.8, 4) is 0 Å². The van der Waals surface area contributed by atoms with Crippen LogP contribution in [-0.2, 0) is 0 Å². The first-order valence-electron chi connectivity index (χ1n) is 6.48. The minimum atomic E-state index is 0.592. The average molecular weight is 254 g/mol. The van der Waals surface area contributed by atoms with Crippen molar-refractivity contribution >= 4 is 11.8 Å². The van der Waals surface area contributed by atoms with Gasteiger partial charge in [0.2, 0.25) is 5.16 Å². The molecule has 0 aliphatic heterocycles. The Morgan fingerprint density at radius 3 is 2.88 bits per heavy atom. The zero-order valence-corrected chi connectivity index (χ0v) is 11.5. The van der Waals surface area contributed by atoms with E-state index < -0.39 is 0 Å². The number of aromatic amines is 1. The maximum Gasteiger partial charge on any atom is 0.208 e. The summed E-state index contributed by atoms with van der Waals surface area (Å²) in [6, 6.07) is 0. The third-order valence-electron chi connectivity index (χ3n) is 3.75. The van der Waals surface area contributed by atoms with Crippen molar-refractivity contribution in [1.82, 2.24) is 15.2 Å². The van der Waals surface area contributed by atoms with Crippen LogP contribution >= 0.6 is 11.8 Å². The van der Waals surface area contributed by atoms with Crippen LogP contribution in [0.15, 0.2) is 5.16 Å². The topological polar surface area (TPSA) is 67.6 Å². The quantitative estimate of drug-likeness (QED) is 0.865. The van der Waals surface area contributed by atoms with E-state index in [-0.39, 0.29) is 0 Å². The Morgan fingerprint density at radius 1 is 1.47 bits per heavy atom. The zero-order chi connectivity index (χ0) is 12.3. The Kier molecular flexibility index (Phi) is 4.45. The van der Waals surface area contributed by atoms with Crippen LogP contribution in [0.2, 0.25) is 0 Å². The van der Waals surface area contributed by atoms with Gasteiger partial charge in [0.05, 0.1) is 0 Å². The van der Waals surface area contributed by atoms with E-state index in [1.807, 2.05) is 6.92 Å². The lowest BCUT2D eigenvalue weighted by atomic mass is 9.80. The standard InChI is InChI=1S/C12H22N4S/c1-3-9-4-5-10(7-13)11(6-9)17-12-14-8(2)15-16-12/h9-11H,3-7,13H2,1-2H3,(H,14,15,16). The van der Waals surface area contributed by atoms with Crippen molar-refractivity contribution in [3.05, 3.63) is 5.82 Å². The highest BCUT2D eigenvalue weighted by Crippen LogP contribution is 2.39. The van der Waals surface area contributed by atoms with Gasteiger partial charge in [-0.3, -0.25) is 5.10 Å². The third kappa shape index (κ3) is 3.22. The largest absolute Gasteiger partial charge is 0.330 e. The SMILES string of the molecule is CCC1CCC(CN)C(Sc2n[nH]c(C)n2)C1. The van der Waals surface area contributed by atoms with E-state index in [1.54, 1.807) is 11.8 Å². The van der Waals surface area contributed by atoms with Crippen LogP contribution in [0.4, 0.5) is 0 Å². The summed E-state index contributed by atoms with van der Waals surface area (Å²) in [5.41, 5.74) is 5.88. The number of thioether (sulfide) groups is 1. The molecule has 1 aromatic rings. The number of nitrogens with two attached hydrogens (primary N) is 1. The molecule has 5 heteroatoms. The molecule has 1 heterocycles. The molecule has 3 atom stereocenters. The molecule has 1 saturated carbocycles. The molecule has 0 amide bonds. The van der Waals surface area contributed by atoms with E-state index >= 15 is 0 Å². The van der Waals surface area contributed by atoms with Crippen molar-refractivity contribution in [2.45, 2.75) is 49.9 Å².